The fraction of sp³-hybridized carbons (Fsp3) is 0.240. The van der Waals surface area contributed by atoms with Crippen LogP contribution in [0.5, 0.6) is 11.5 Å². The number of para-hydroxylation sites is 1. The smallest absolute Gasteiger partial charge is 0.214 e. The Morgan fingerprint density at radius 3 is 2.64 bits per heavy atom. The lowest BCUT2D eigenvalue weighted by atomic mass is 10.2. The molecule has 11 heteroatoms. The van der Waals surface area contributed by atoms with Crippen molar-refractivity contribution in [2.75, 3.05) is 19.4 Å². The first-order valence-electron chi connectivity index (χ1n) is 11.2. The van der Waals surface area contributed by atoms with Crippen LogP contribution in [0.2, 0.25) is 10.0 Å². The molecule has 0 radical (unpaired) electrons. The number of nitrogens with zero attached hydrogens (tertiary/aromatic N) is 4. The van der Waals surface area contributed by atoms with Gasteiger partial charge in [-0.2, -0.15) is 4.68 Å². The number of nitrogens with one attached hydrogen (secondary N) is 1. The second kappa shape index (κ2) is 13.3. The second-order valence-electron chi connectivity index (χ2n) is 7.71. The number of benzene rings is 3. The predicted octanol–water partition coefficient (Wildman–Crippen LogP) is 6.59. The summed E-state index contributed by atoms with van der Waals surface area (Å²) in [5, 5.41) is 17.5. The molecule has 7 nitrogen and oxygen atoms in total. The monoisotopic (exact) mass is 607 g/mol. The summed E-state index contributed by atoms with van der Waals surface area (Å²) in [5.74, 6) is 2.18. The number of aromatic nitrogens is 4. The number of tetrazole rings is 1. The van der Waals surface area contributed by atoms with Crippen molar-refractivity contribution in [2.45, 2.75) is 24.7 Å². The van der Waals surface area contributed by atoms with Gasteiger partial charge in [-0.1, -0.05) is 75.2 Å². The Morgan fingerprint density at radius 2 is 1.86 bits per heavy atom. The molecule has 0 aliphatic rings. The highest BCUT2D eigenvalue weighted by Gasteiger charge is 2.12. The summed E-state index contributed by atoms with van der Waals surface area (Å²) in [6.45, 7) is 1.84. The Morgan fingerprint density at radius 1 is 1.03 bits per heavy atom. The van der Waals surface area contributed by atoms with E-state index in [2.05, 4.69) is 36.8 Å². The van der Waals surface area contributed by atoms with Gasteiger partial charge in [0.2, 0.25) is 5.16 Å². The molecule has 3 aromatic carbocycles. The number of halogens is 3. The zero-order chi connectivity index (χ0) is 25.3. The molecule has 1 N–H and O–H groups in total. The molecular weight excluding hydrogens is 585 g/mol. The molecule has 0 aliphatic heterocycles. The molecule has 4 aromatic rings. The molecule has 4 rings (SSSR count). The van der Waals surface area contributed by atoms with E-state index in [-0.39, 0.29) is 0 Å². The SMILES string of the molecule is COc1cc(CNCCCSc2nnnn2-c2ccccc2)c(Br)cc1OCc1ccc(Cl)cc1Cl. The van der Waals surface area contributed by atoms with Crippen LogP contribution in [-0.2, 0) is 13.2 Å². The molecule has 0 atom stereocenters. The highest BCUT2D eigenvalue weighted by Crippen LogP contribution is 2.34. The van der Waals surface area contributed by atoms with Gasteiger partial charge in [-0.25, -0.2) is 0 Å². The van der Waals surface area contributed by atoms with Crippen LogP contribution in [0, 0.1) is 0 Å². The number of methoxy groups -OCH3 is 1. The van der Waals surface area contributed by atoms with Crippen molar-refractivity contribution in [3.8, 4) is 17.2 Å². The standard InChI is InChI=1S/C25H24BrCl2N5O2S/c1-34-23-12-18(21(26)14-24(23)35-16-17-8-9-19(27)13-22(17)28)15-29-10-5-11-36-25-30-31-32-33(25)20-6-3-2-4-7-20/h2-4,6-9,12-14,29H,5,10-11,15-16H2,1H3. The van der Waals surface area contributed by atoms with Crippen LogP contribution in [0.25, 0.3) is 5.69 Å². The van der Waals surface area contributed by atoms with Gasteiger partial charge < -0.3 is 14.8 Å². The van der Waals surface area contributed by atoms with Gasteiger partial charge in [-0.05, 0) is 65.4 Å². The summed E-state index contributed by atoms with van der Waals surface area (Å²) in [7, 11) is 1.63. The van der Waals surface area contributed by atoms with Crippen molar-refractivity contribution < 1.29 is 9.47 Å². The first kappa shape index (κ1) is 26.8. The molecular formula is C25H24BrCl2N5O2S. The first-order valence-corrected chi connectivity index (χ1v) is 13.7. The predicted molar refractivity (Wildman–Crippen MR) is 148 cm³/mol. The molecule has 0 saturated carbocycles. The summed E-state index contributed by atoms with van der Waals surface area (Å²) < 4.78 is 14.2. The van der Waals surface area contributed by atoms with Crippen molar-refractivity contribution in [1.29, 1.82) is 0 Å². The highest BCUT2D eigenvalue weighted by molar-refractivity contribution is 9.10. The van der Waals surface area contributed by atoms with Crippen LogP contribution in [0.4, 0.5) is 0 Å². The van der Waals surface area contributed by atoms with Gasteiger partial charge in [0.15, 0.2) is 11.5 Å². The molecule has 0 aliphatic carbocycles. The molecule has 0 fully saturated rings. The topological polar surface area (TPSA) is 74.1 Å². The number of hydrogen-bond donors (Lipinski definition) is 1. The third-order valence-electron chi connectivity index (χ3n) is 5.22. The van der Waals surface area contributed by atoms with Crippen LogP contribution in [-0.4, -0.2) is 39.6 Å². The lowest BCUT2D eigenvalue weighted by Crippen LogP contribution is -2.16. The molecule has 0 bridgehead atoms. The number of ether oxygens (including phenoxy) is 2. The molecule has 36 heavy (non-hydrogen) atoms. The maximum atomic E-state index is 6.26. The van der Waals surface area contributed by atoms with Crippen molar-refractivity contribution in [1.82, 2.24) is 25.5 Å². The summed E-state index contributed by atoms with van der Waals surface area (Å²) in [4.78, 5) is 0. The number of hydrogen-bond acceptors (Lipinski definition) is 7. The number of rotatable bonds is 12. The van der Waals surface area contributed by atoms with Crippen LogP contribution in [0.15, 0.2) is 70.3 Å². The van der Waals surface area contributed by atoms with E-state index in [1.54, 1.807) is 35.7 Å². The third kappa shape index (κ3) is 7.14. The lowest BCUT2D eigenvalue weighted by molar-refractivity contribution is 0.284. The van der Waals surface area contributed by atoms with Gasteiger partial charge in [0, 0.05) is 32.4 Å². The van der Waals surface area contributed by atoms with E-state index in [9.17, 15) is 0 Å². The largest absolute Gasteiger partial charge is 0.493 e. The van der Waals surface area contributed by atoms with Gasteiger partial charge in [-0.15, -0.1) is 5.10 Å². The average molecular weight is 609 g/mol. The Bertz CT molecular complexity index is 1290. The summed E-state index contributed by atoms with van der Waals surface area (Å²) in [5.41, 5.74) is 2.87. The van der Waals surface area contributed by atoms with Crippen LogP contribution >= 0.6 is 50.9 Å². The van der Waals surface area contributed by atoms with Crippen molar-refractivity contribution in [2.24, 2.45) is 0 Å². The summed E-state index contributed by atoms with van der Waals surface area (Å²) in [6.07, 6.45) is 0.962. The fourth-order valence-corrected chi connectivity index (χ4v) is 5.12. The second-order valence-corrected chi connectivity index (χ2v) is 10.5. The maximum absolute atomic E-state index is 6.26. The van der Waals surface area contributed by atoms with Gasteiger partial charge in [-0.3, -0.25) is 0 Å². The molecule has 0 spiro atoms. The van der Waals surface area contributed by atoms with E-state index in [1.165, 1.54) is 0 Å². The van der Waals surface area contributed by atoms with Crippen molar-refractivity contribution in [3.05, 3.63) is 86.3 Å². The van der Waals surface area contributed by atoms with Gasteiger partial charge >= 0.3 is 0 Å². The Kier molecular flexibility index (Phi) is 9.89. The van der Waals surface area contributed by atoms with E-state index in [0.717, 1.165) is 45.2 Å². The normalized spacial score (nSPS) is 11.0. The van der Waals surface area contributed by atoms with Crippen LogP contribution in [0.3, 0.4) is 0 Å². The molecule has 0 unspecified atom stereocenters. The van der Waals surface area contributed by atoms with Crippen molar-refractivity contribution >= 4 is 50.9 Å². The van der Waals surface area contributed by atoms with E-state index in [0.29, 0.717) is 34.7 Å². The Balaban J connectivity index is 1.25. The highest BCUT2D eigenvalue weighted by atomic mass is 79.9. The Hall–Kier alpha value is -2.30. The molecule has 0 saturated heterocycles. The lowest BCUT2D eigenvalue weighted by Gasteiger charge is -2.15. The van der Waals surface area contributed by atoms with E-state index in [4.69, 9.17) is 32.7 Å². The minimum Gasteiger partial charge on any atom is -0.493 e. The zero-order valence-electron chi connectivity index (χ0n) is 19.5. The first-order chi connectivity index (χ1) is 17.5. The average Bonchev–Trinajstić information content (AvgIpc) is 3.35. The molecule has 188 valence electrons. The minimum atomic E-state index is 0.307. The van der Waals surface area contributed by atoms with E-state index in [1.807, 2.05) is 48.5 Å². The van der Waals surface area contributed by atoms with Gasteiger partial charge in [0.1, 0.15) is 6.61 Å². The third-order valence-corrected chi connectivity index (χ3v) is 7.55. The van der Waals surface area contributed by atoms with E-state index < -0.39 is 0 Å². The maximum Gasteiger partial charge on any atom is 0.214 e. The fourth-order valence-electron chi connectivity index (χ4n) is 3.36. The quantitative estimate of drug-likeness (QED) is 0.144. The van der Waals surface area contributed by atoms with Crippen LogP contribution < -0.4 is 14.8 Å². The summed E-state index contributed by atoms with van der Waals surface area (Å²) >= 11 is 17.5. The molecule has 1 heterocycles. The van der Waals surface area contributed by atoms with Crippen LogP contribution in [0.1, 0.15) is 17.5 Å². The zero-order valence-corrected chi connectivity index (χ0v) is 23.4. The Labute approximate surface area is 232 Å². The molecule has 0 amide bonds. The number of thioether (sulfide) groups is 1. The minimum absolute atomic E-state index is 0.307. The van der Waals surface area contributed by atoms with Gasteiger partial charge in [0.25, 0.3) is 0 Å². The van der Waals surface area contributed by atoms with E-state index >= 15 is 0 Å². The van der Waals surface area contributed by atoms with Crippen molar-refractivity contribution in [3.63, 3.8) is 0 Å². The van der Waals surface area contributed by atoms with Gasteiger partial charge in [0.05, 0.1) is 12.8 Å². The molecule has 1 aromatic heterocycles. The summed E-state index contributed by atoms with van der Waals surface area (Å²) in [6, 6.07) is 19.1.